The minimum atomic E-state index is -0.01000. The predicted molar refractivity (Wildman–Crippen MR) is 106 cm³/mol. The molecule has 1 aromatic carbocycles. The van der Waals surface area contributed by atoms with Crippen LogP contribution in [0.25, 0.3) is 0 Å². The van der Waals surface area contributed by atoms with Gasteiger partial charge in [0.1, 0.15) is 0 Å². The first-order chi connectivity index (χ1) is 13.0. The van der Waals surface area contributed by atoms with Crippen LogP contribution in [0.2, 0.25) is 5.02 Å². The van der Waals surface area contributed by atoms with Gasteiger partial charge in [-0.1, -0.05) is 23.7 Å². The molecule has 0 unspecified atom stereocenters. The lowest BCUT2D eigenvalue weighted by atomic mass is 10.1. The normalized spacial score (nSPS) is 23.3. The first-order valence-electron chi connectivity index (χ1n) is 9.47. The molecule has 0 aliphatic carbocycles. The van der Waals surface area contributed by atoms with E-state index in [4.69, 9.17) is 21.3 Å². The van der Waals surface area contributed by atoms with Crippen LogP contribution in [0.3, 0.4) is 0 Å². The largest absolute Gasteiger partial charge is 0.372 e. The Labute approximate surface area is 164 Å². The third-order valence-corrected chi connectivity index (χ3v) is 5.39. The van der Waals surface area contributed by atoms with E-state index in [2.05, 4.69) is 20.9 Å². The third-order valence-electron chi connectivity index (χ3n) is 5.15. The quantitative estimate of drug-likeness (QED) is 0.875. The van der Waals surface area contributed by atoms with Gasteiger partial charge in [-0.05, 0) is 38.0 Å². The molecule has 0 radical (unpaired) electrons. The van der Waals surface area contributed by atoms with Crippen LogP contribution in [-0.2, 0) is 24.2 Å². The molecule has 7 heteroatoms. The zero-order valence-electron chi connectivity index (χ0n) is 15.7. The maximum Gasteiger partial charge on any atom is 0.255 e. The van der Waals surface area contributed by atoms with Crippen LogP contribution < -0.4 is 10.5 Å². The lowest BCUT2D eigenvalue weighted by Crippen LogP contribution is -2.47. The van der Waals surface area contributed by atoms with Gasteiger partial charge in [-0.2, -0.15) is 0 Å². The van der Waals surface area contributed by atoms with Gasteiger partial charge in [-0.15, -0.1) is 0 Å². The molecular formula is C20H25ClN4O2. The van der Waals surface area contributed by atoms with Crippen LogP contribution >= 0.6 is 11.6 Å². The van der Waals surface area contributed by atoms with Crippen molar-refractivity contribution in [2.75, 3.05) is 24.5 Å². The Kier molecular flexibility index (Phi) is 5.21. The fourth-order valence-corrected chi connectivity index (χ4v) is 4.22. The summed E-state index contributed by atoms with van der Waals surface area (Å²) in [5.41, 5.74) is 2.86. The molecule has 2 aliphatic heterocycles. The summed E-state index contributed by atoms with van der Waals surface area (Å²) in [5.74, 6) is 0.658. The monoisotopic (exact) mass is 388 g/mol. The third kappa shape index (κ3) is 4.18. The van der Waals surface area contributed by atoms with Crippen molar-refractivity contribution in [2.45, 2.75) is 45.6 Å². The molecule has 2 atom stereocenters. The molecule has 2 aliphatic rings. The van der Waals surface area contributed by atoms with Gasteiger partial charge in [0, 0.05) is 43.3 Å². The van der Waals surface area contributed by atoms with E-state index in [-0.39, 0.29) is 17.8 Å². The van der Waals surface area contributed by atoms with E-state index in [1.807, 2.05) is 32.0 Å². The predicted octanol–water partition coefficient (Wildman–Crippen LogP) is 2.60. The van der Waals surface area contributed by atoms with Crippen molar-refractivity contribution in [3.63, 3.8) is 0 Å². The first-order valence-corrected chi connectivity index (χ1v) is 9.85. The SMILES string of the molecule is C[C@@H]1CN(c2nc3c(c(=O)[nH]2)CCN(Cc2cccc(Cl)c2)C3)C[C@@H](C)O1. The van der Waals surface area contributed by atoms with Gasteiger partial charge in [-0.25, -0.2) is 4.98 Å². The summed E-state index contributed by atoms with van der Waals surface area (Å²) < 4.78 is 5.79. The minimum absolute atomic E-state index is 0.01000. The van der Waals surface area contributed by atoms with Crippen LogP contribution in [0.1, 0.15) is 30.7 Å². The van der Waals surface area contributed by atoms with Gasteiger partial charge in [0.15, 0.2) is 0 Å². The van der Waals surface area contributed by atoms with Crippen LogP contribution in [0.4, 0.5) is 5.95 Å². The molecule has 3 heterocycles. The second-order valence-corrected chi connectivity index (χ2v) is 8.00. The number of aromatic nitrogens is 2. The number of halogens is 1. The number of nitrogens with zero attached hydrogens (tertiary/aromatic N) is 3. The second kappa shape index (κ2) is 7.62. The molecule has 0 bridgehead atoms. The summed E-state index contributed by atoms with van der Waals surface area (Å²) in [4.78, 5) is 24.9. The fraction of sp³-hybridized carbons (Fsp3) is 0.500. The van der Waals surface area contributed by atoms with Crippen molar-refractivity contribution < 1.29 is 4.74 Å². The van der Waals surface area contributed by atoms with Gasteiger partial charge >= 0.3 is 0 Å². The minimum Gasteiger partial charge on any atom is -0.372 e. The van der Waals surface area contributed by atoms with Crippen LogP contribution in [0.5, 0.6) is 0 Å². The molecule has 0 amide bonds. The van der Waals surface area contributed by atoms with Gasteiger partial charge in [0.05, 0.1) is 17.9 Å². The standard InChI is InChI=1S/C20H25ClN4O2/c1-13-9-25(10-14(2)27-13)20-22-18-12-24(7-6-17(18)19(26)23-20)11-15-4-3-5-16(21)8-15/h3-5,8,13-14H,6-7,9-12H2,1-2H3,(H,22,23,26)/t13-,14-/m1/s1. The number of benzene rings is 1. The molecule has 1 aromatic heterocycles. The summed E-state index contributed by atoms with van der Waals surface area (Å²) in [6.07, 6.45) is 0.956. The topological polar surface area (TPSA) is 61.5 Å². The number of fused-ring (bicyclic) bond motifs is 1. The average Bonchev–Trinajstić information content (AvgIpc) is 2.60. The number of anilines is 1. The maximum absolute atomic E-state index is 12.6. The number of nitrogens with one attached hydrogen (secondary N) is 1. The molecular weight excluding hydrogens is 364 g/mol. The van der Waals surface area contributed by atoms with E-state index in [1.54, 1.807) is 0 Å². The smallest absolute Gasteiger partial charge is 0.255 e. The van der Waals surface area contributed by atoms with Crippen molar-refractivity contribution >= 4 is 17.5 Å². The number of ether oxygens (including phenoxy) is 1. The van der Waals surface area contributed by atoms with E-state index in [9.17, 15) is 4.79 Å². The lowest BCUT2D eigenvalue weighted by Gasteiger charge is -2.36. The number of morpholine rings is 1. The molecule has 0 spiro atoms. The van der Waals surface area contributed by atoms with Crippen LogP contribution in [-0.4, -0.2) is 46.7 Å². The van der Waals surface area contributed by atoms with Crippen molar-refractivity contribution in [2.24, 2.45) is 0 Å². The van der Waals surface area contributed by atoms with Gasteiger partial charge < -0.3 is 9.64 Å². The summed E-state index contributed by atoms with van der Waals surface area (Å²) in [5, 5.41) is 0.748. The Morgan fingerprint density at radius 1 is 1.30 bits per heavy atom. The highest BCUT2D eigenvalue weighted by molar-refractivity contribution is 6.30. The molecule has 1 saturated heterocycles. The van der Waals surface area contributed by atoms with Crippen molar-refractivity contribution in [1.29, 1.82) is 0 Å². The molecule has 4 rings (SSSR count). The molecule has 27 heavy (non-hydrogen) atoms. The summed E-state index contributed by atoms with van der Waals surface area (Å²) >= 11 is 6.10. The Balaban J connectivity index is 1.55. The Morgan fingerprint density at radius 2 is 2.07 bits per heavy atom. The molecule has 6 nitrogen and oxygen atoms in total. The van der Waals surface area contributed by atoms with Gasteiger partial charge in [-0.3, -0.25) is 14.7 Å². The van der Waals surface area contributed by atoms with Crippen LogP contribution in [0, 0.1) is 0 Å². The van der Waals surface area contributed by atoms with E-state index < -0.39 is 0 Å². The van der Waals surface area contributed by atoms with Crippen molar-refractivity contribution in [3.05, 3.63) is 56.5 Å². The number of hydrogen-bond acceptors (Lipinski definition) is 5. The summed E-state index contributed by atoms with van der Waals surface area (Å²) in [7, 11) is 0. The maximum atomic E-state index is 12.6. The number of H-pyrrole nitrogens is 1. The van der Waals surface area contributed by atoms with E-state index in [0.717, 1.165) is 42.5 Å². The number of rotatable bonds is 3. The van der Waals surface area contributed by atoms with E-state index in [0.29, 0.717) is 18.9 Å². The number of aromatic amines is 1. The highest BCUT2D eigenvalue weighted by Crippen LogP contribution is 2.21. The lowest BCUT2D eigenvalue weighted by molar-refractivity contribution is -0.00576. The van der Waals surface area contributed by atoms with E-state index >= 15 is 0 Å². The average molecular weight is 389 g/mol. The molecule has 0 saturated carbocycles. The van der Waals surface area contributed by atoms with Crippen molar-refractivity contribution in [1.82, 2.24) is 14.9 Å². The summed E-state index contributed by atoms with van der Waals surface area (Å²) in [6, 6.07) is 7.92. The second-order valence-electron chi connectivity index (χ2n) is 7.57. The molecule has 1 fully saturated rings. The van der Waals surface area contributed by atoms with E-state index in [1.165, 1.54) is 5.56 Å². The van der Waals surface area contributed by atoms with Gasteiger partial charge in [0.25, 0.3) is 5.56 Å². The van der Waals surface area contributed by atoms with Gasteiger partial charge in [0.2, 0.25) is 5.95 Å². The zero-order chi connectivity index (χ0) is 19.0. The van der Waals surface area contributed by atoms with Crippen LogP contribution in [0.15, 0.2) is 29.1 Å². The van der Waals surface area contributed by atoms with Crippen molar-refractivity contribution in [3.8, 4) is 0 Å². The fourth-order valence-electron chi connectivity index (χ4n) is 4.01. The Bertz CT molecular complexity index is 875. The summed E-state index contributed by atoms with van der Waals surface area (Å²) in [6.45, 7) is 7.88. The molecule has 2 aromatic rings. The Hall–Kier alpha value is -1.89. The Morgan fingerprint density at radius 3 is 2.81 bits per heavy atom. The molecule has 1 N–H and O–H groups in total. The zero-order valence-corrected chi connectivity index (χ0v) is 16.5. The first kappa shape index (κ1) is 18.5. The molecule has 144 valence electrons. The number of hydrogen-bond donors (Lipinski definition) is 1. The highest BCUT2D eigenvalue weighted by atomic mass is 35.5. The highest BCUT2D eigenvalue weighted by Gasteiger charge is 2.27.